The van der Waals surface area contributed by atoms with Gasteiger partial charge in [-0.05, 0) is 12.0 Å². The zero-order valence-corrected chi connectivity index (χ0v) is 10.4. The molecule has 0 aromatic heterocycles. The van der Waals surface area contributed by atoms with Crippen molar-refractivity contribution >= 4 is 0 Å². The van der Waals surface area contributed by atoms with Crippen LogP contribution in [0.15, 0.2) is 12.1 Å². The second kappa shape index (κ2) is 4.92. The molecule has 0 radical (unpaired) electrons. The Balaban J connectivity index is 2.25. The van der Waals surface area contributed by atoms with Gasteiger partial charge in [0.05, 0.1) is 7.11 Å². The molecule has 0 spiro atoms. The molecule has 4 heteroatoms. The molecule has 1 aliphatic heterocycles. The Kier molecular flexibility index (Phi) is 3.52. The van der Waals surface area contributed by atoms with Crippen LogP contribution in [-0.4, -0.2) is 19.8 Å². The molecule has 1 aliphatic rings. The van der Waals surface area contributed by atoms with Crippen LogP contribution < -0.4 is 14.8 Å². The maximum atomic E-state index is 13.6. The number of fused-ring (bicyclic) bond motifs is 1. The maximum Gasteiger partial charge on any atom is 0.165 e. The fourth-order valence-electron chi connectivity index (χ4n) is 1.91. The molecule has 0 aliphatic carbocycles. The summed E-state index contributed by atoms with van der Waals surface area (Å²) in [6.07, 6.45) is 0. The van der Waals surface area contributed by atoms with Gasteiger partial charge in [0, 0.05) is 24.2 Å². The second-order valence-electron chi connectivity index (χ2n) is 4.64. The van der Waals surface area contributed by atoms with Gasteiger partial charge in [-0.15, -0.1) is 0 Å². The molecule has 1 aromatic carbocycles. The number of ether oxygens (including phenoxy) is 2. The lowest BCUT2D eigenvalue weighted by Crippen LogP contribution is -2.36. The van der Waals surface area contributed by atoms with Crippen molar-refractivity contribution in [2.45, 2.75) is 26.4 Å². The molecule has 1 unspecified atom stereocenters. The Bertz CT molecular complexity index is 407. The van der Waals surface area contributed by atoms with Crippen molar-refractivity contribution in [3.05, 3.63) is 23.5 Å². The van der Waals surface area contributed by atoms with Crippen molar-refractivity contribution in [3.63, 3.8) is 0 Å². The highest BCUT2D eigenvalue weighted by atomic mass is 19.1. The van der Waals surface area contributed by atoms with Gasteiger partial charge in [0.25, 0.3) is 0 Å². The van der Waals surface area contributed by atoms with E-state index >= 15 is 0 Å². The number of methoxy groups -OCH3 is 1. The van der Waals surface area contributed by atoms with Gasteiger partial charge in [-0.25, -0.2) is 4.39 Å². The largest absolute Gasteiger partial charge is 0.494 e. The summed E-state index contributed by atoms with van der Waals surface area (Å²) in [6.45, 7) is 5.49. The van der Waals surface area contributed by atoms with Gasteiger partial charge in [-0.1, -0.05) is 13.8 Å². The minimum Gasteiger partial charge on any atom is -0.494 e. The summed E-state index contributed by atoms with van der Waals surface area (Å²) in [5.74, 6) is 1.07. The SMILES string of the molecule is COc1cc2c(cc1F)CNC(C(C)C)CO2. The first-order valence-electron chi connectivity index (χ1n) is 5.84. The van der Waals surface area contributed by atoms with Crippen molar-refractivity contribution in [1.29, 1.82) is 0 Å². The van der Waals surface area contributed by atoms with E-state index in [0.717, 1.165) is 5.56 Å². The molecule has 1 aromatic rings. The van der Waals surface area contributed by atoms with Gasteiger partial charge in [0.2, 0.25) is 0 Å². The molecule has 2 rings (SSSR count). The molecule has 94 valence electrons. The van der Waals surface area contributed by atoms with Crippen LogP contribution in [-0.2, 0) is 6.54 Å². The third-order valence-corrected chi connectivity index (χ3v) is 3.11. The Labute approximate surface area is 101 Å². The number of nitrogens with one attached hydrogen (secondary N) is 1. The van der Waals surface area contributed by atoms with Gasteiger partial charge < -0.3 is 14.8 Å². The first-order valence-corrected chi connectivity index (χ1v) is 5.84. The lowest BCUT2D eigenvalue weighted by Gasteiger charge is -2.18. The van der Waals surface area contributed by atoms with E-state index in [2.05, 4.69) is 19.2 Å². The van der Waals surface area contributed by atoms with E-state index in [1.807, 2.05) is 0 Å². The fourth-order valence-corrected chi connectivity index (χ4v) is 1.91. The summed E-state index contributed by atoms with van der Waals surface area (Å²) >= 11 is 0. The van der Waals surface area contributed by atoms with Crippen molar-refractivity contribution in [1.82, 2.24) is 5.32 Å². The molecule has 1 atom stereocenters. The Morgan fingerprint density at radius 1 is 1.47 bits per heavy atom. The van der Waals surface area contributed by atoms with Crippen molar-refractivity contribution in [3.8, 4) is 11.5 Å². The van der Waals surface area contributed by atoms with Crippen LogP contribution in [0.4, 0.5) is 4.39 Å². The summed E-state index contributed by atoms with van der Waals surface area (Å²) in [6, 6.07) is 3.38. The lowest BCUT2D eigenvalue weighted by atomic mass is 10.1. The topological polar surface area (TPSA) is 30.5 Å². The van der Waals surface area contributed by atoms with Gasteiger partial charge in [0.15, 0.2) is 11.6 Å². The van der Waals surface area contributed by atoms with E-state index in [1.165, 1.54) is 13.2 Å². The first-order chi connectivity index (χ1) is 8.11. The van der Waals surface area contributed by atoms with Crippen molar-refractivity contribution in [2.24, 2.45) is 5.92 Å². The number of halogens is 1. The van der Waals surface area contributed by atoms with Crippen LogP contribution in [0.1, 0.15) is 19.4 Å². The van der Waals surface area contributed by atoms with Gasteiger partial charge in [0.1, 0.15) is 12.4 Å². The first kappa shape index (κ1) is 12.2. The number of hydrogen-bond acceptors (Lipinski definition) is 3. The van der Waals surface area contributed by atoms with E-state index in [-0.39, 0.29) is 17.6 Å². The number of hydrogen-bond donors (Lipinski definition) is 1. The second-order valence-corrected chi connectivity index (χ2v) is 4.64. The van der Waals surface area contributed by atoms with Crippen LogP contribution in [0.2, 0.25) is 0 Å². The summed E-state index contributed by atoms with van der Waals surface area (Å²) in [4.78, 5) is 0. The van der Waals surface area contributed by atoms with E-state index in [1.54, 1.807) is 6.07 Å². The van der Waals surface area contributed by atoms with Crippen molar-refractivity contribution < 1.29 is 13.9 Å². The highest BCUT2D eigenvalue weighted by Crippen LogP contribution is 2.30. The predicted molar refractivity (Wildman–Crippen MR) is 63.9 cm³/mol. The van der Waals surface area contributed by atoms with Crippen LogP contribution in [0, 0.1) is 11.7 Å². The number of benzene rings is 1. The highest BCUT2D eigenvalue weighted by Gasteiger charge is 2.20. The molecule has 0 amide bonds. The lowest BCUT2D eigenvalue weighted by molar-refractivity contribution is 0.242. The molecule has 1 N–H and O–H groups in total. The van der Waals surface area contributed by atoms with Crippen molar-refractivity contribution in [2.75, 3.05) is 13.7 Å². The van der Waals surface area contributed by atoms with Crippen LogP contribution in [0.25, 0.3) is 0 Å². The Morgan fingerprint density at radius 3 is 2.88 bits per heavy atom. The molecule has 0 saturated heterocycles. The zero-order valence-electron chi connectivity index (χ0n) is 10.4. The van der Waals surface area contributed by atoms with Gasteiger partial charge >= 0.3 is 0 Å². The molecular formula is C13H18FNO2. The summed E-state index contributed by atoms with van der Waals surface area (Å²) < 4.78 is 24.2. The Morgan fingerprint density at radius 2 is 2.24 bits per heavy atom. The number of rotatable bonds is 2. The molecule has 17 heavy (non-hydrogen) atoms. The van der Waals surface area contributed by atoms with Crippen LogP contribution >= 0.6 is 0 Å². The maximum absolute atomic E-state index is 13.6. The van der Waals surface area contributed by atoms with E-state index < -0.39 is 0 Å². The van der Waals surface area contributed by atoms with Gasteiger partial charge in [-0.3, -0.25) is 0 Å². The molecule has 0 fully saturated rings. The Hall–Kier alpha value is -1.29. The average molecular weight is 239 g/mol. The van der Waals surface area contributed by atoms with Gasteiger partial charge in [-0.2, -0.15) is 0 Å². The highest BCUT2D eigenvalue weighted by molar-refractivity contribution is 5.42. The molecule has 0 bridgehead atoms. The third-order valence-electron chi connectivity index (χ3n) is 3.11. The molecular weight excluding hydrogens is 221 g/mol. The summed E-state index contributed by atoms with van der Waals surface area (Å²) in [7, 11) is 1.46. The van der Waals surface area contributed by atoms with Crippen LogP contribution in [0.3, 0.4) is 0 Å². The minimum atomic E-state index is -0.348. The zero-order chi connectivity index (χ0) is 12.4. The predicted octanol–water partition coefficient (Wildman–Crippen LogP) is 2.34. The third kappa shape index (κ3) is 2.52. The summed E-state index contributed by atoms with van der Waals surface area (Å²) in [5, 5.41) is 3.37. The minimum absolute atomic E-state index is 0.228. The molecule has 1 heterocycles. The normalized spacial score (nSPS) is 19.5. The smallest absolute Gasteiger partial charge is 0.165 e. The fraction of sp³-hybridized carbons (Fsp3) is 0.538. The average Bonchev–Trinajstić information content (AvgIpc) is 2.50. The van der Waals surface area contributed by atoms with E-state index in [9.17, 15) is 4.39 Å². The van der Waals surface area contributed by atoms with Crippen LogP contribution in [0.5, 0.6) is 11.5 Å². The molecule has 3 nitrogen and oxygen atoms in total. The summed E-state index contributed by atoms with van der Waals surface area (Å²) in [5.41, 5.74) is 0.839. The monoisotopic (exact) mass is 239 g/mol. The van der Waals surface area contributed by atoms with E-state index in [4.69, 9.17) is 9.47 Å². The van der Waals surface area contributed by atoms with E-state index in [0.29, 0.717) is 24.8 Å². The molecule has 0 saturated carbocycles. The quantitative estimate of drug-likeness (QED) is 0.859. The standard InChI is InChI=1S/C13H18FNO2/c1-8(2)11-7-17-12-5-13(16-3)10(14)4-9(12)6-15-11/h4-5,8,11,15H,6-7H2,1-3H3.